The summed E-state index contributed by atoms with van der Waals surface area (Å²) in [6, 6.07) is 21.7. The second kappa shape index (κ2) is 11.7. The van der Waals surface area contributed by atoms with Crippen molar-refractivity contribution >= 4 is 40.4 Å². The van der Waals surface area contributed by atoms with Gasteiger partial charge in [0, 0.05) is 42.0 Å². The van der Waals surface area contributed by atoms with Gasteiger partial charge in [0.2, 0.25) is 0 Å². The van der Waals surface area contributed by atoms with E-state index in [2.05, 4.69) is 18.7 Å². The molecule has 8 nitrogen and oxygen atoms in total. The van der Waals surface area contributed by atoms with Crippen LogP contribution in [0.4, 0.5) is 16.2 Å². The van der Waals surface area contributed by atoms with Crippen LogP contribution in [0, 0.1) is 10.1 Å². The highest BCUT2D eigenvalue weighted by Crippen LogP contribution is 2.37. The fourth-order valence-corrected chi connectivity index (χ4v) is 4.89. The van der Waals surface area contributed by atoms with Crippen LogP contribution >= 0.6 is 11.8 Å². The number of benzene rings is 3. The first-order valence-electron chi connectivity index (χ1n) is 11.9. The van der Waals surface area contributed by atoms with Crippen LogP contribution in [0.25, 0.3) is 6.08 Å². The number of nitrogens with zero attached hydrogens (tertiary/aromatic N) is 3. The monoisotopic (exact) mass is 517 g/mol. The van der Waals surface area contributed by atoms with Gasteiger partial charge < -0.3 is 9.64 Å². The second-order valence-corrected chi connectivity index (χ2v) is 9.32. The van der Waals surface area contributed by atoms with Crippen molar-refractivity contribution in [3.63, 3.8) is 0 Å². The SMILES string of the molecule is CCN(CC)c1ccc(/C=C2/SC(=O)N(Cc3ccccc3[N+](=O)[O-])C2=O)c(OCc2ccccc2)c1. The lowest BCUT2D eigenvalue weighted by Crippen LogP contribution is -2.27. The number of imide groups is 1. The van der Waals surface area contributed by atoms with Gasteiger partial charge in [0.25, 0.3) is 16.8 Å². The molecule has 37 heavy (non-hydrogen) atoms. The van der Waals surface area contributed by atoms with Crippen molar-refractivity contribution < 1.29 is 19.2 Å². The Labute approximate surface area is 219 Å². The molecule has 1 aliphatic rings. The number of amides is 2. The van der Waals surface area contributed by atoms with Gasteiger partial charge in [-0.25, -0.2) is 0 Å². The number of nitro groups is 1. The summed E-state index contributed by atoms with van der Waals surface area (Å²) in [4.78, 5) is 40.2. The summed E-state index contributed by atoms with van der Waals surface area (Å²) >= 11 is 0.816. The van der Waals surface area contributed by atoms with Crippen LogP contribution in [0.15, 0.2) is 77.7 Å². The van der Waals surface area contributed by atoms with E-state index in [0.717, 1.165) is 41.0 Å². The second-order valence-electron chi connectivity index (χ2n) is 8.32. The number of thioether (sulfide) groups is 1. The average molecular weight is 518 g/mol. The van der Waals surface area contributed by atoms with E-state index in [-0.39, 0.29) is 17.1 Å². The van der Waals surface area contributed by atoms with Crippen LogP contribution in [-0.2, 0) is 17.9 Å². The van der Waals surface area contributed by atoms with E-state index in [0.29, 0.717) is 23.5 Å². The first kappa shape index (κ1) is 26.0. The fourth-order valence-electron chi connectivity index (χ4n) is 4.06. The van der Waals surface area contributed by atoms with Gasteiger partial charge in [0.15, 0.2) is 0 Å². The lowest BCUT2D eigenvalue weighted by atomic mass is 10.1. The Balaban J connectivity index is 1.62. The molecule has 0 aliphatic carbocycles. The van der Waals surface area contributed by atoms with Gasteiger partial charge >= 0.3 is 0 Å². The predicted octanol–water partition coefficient (Wildman–Crippen LogP) is 6.26. The van der Waals surface area contributed by atoms with Crippen LogP contribution in [0.3, 0.4) is 0 Å². The molecule has 1 heterocycles. The molecule has 0 unspecified atom stereocenters. The van der Waals surface area contributed by atoms with Gasteiger partial charge in [-0.15, -0.1) is 0 Å². The molecule has 9 heteroatoms. The molecule has 0 N–H and O–H groups in total. The highest BCUT2D eigenvalue weighted by Gasteiger charge is 2.36. The molecular weight excluding hydrogens is 490 g/mol. The fraction of sp³-hybridized carbons (Fsp3) is 0.214. The minimum Gasteiger partial charge on any atom is -0.488 e. The number of ether oxygens (including phenoxy) is 1. The Morgan fingerprint density at radius 3 is 2.41 bits per heavy atom. The third-order valence-corrected chi connectivity index (χ3v) is 6.95. The van der Waals surface area contributed by atoms with Gasteiger partial charge in [0.05, 0.1) is 16.4 Å². The summed E-state index contributed by atoms with van der Waals surface area (Å²) in [7, 11) is 0. The molecule has 2 amide bonds. The van der Waals surface area contributed by atoms with Gasteiger partial charge in [-0.1, -0.05) is 48.5 Å². The van der Waals surface area contributed by atoms with E-state index in [1.54, 1.807) is 24.3 Å². The Morgan fingerprint density at radius 2 is 1.70 bits per heavy atom. The van der Waals surface area contributed by atoms with Crippen molar-refractivity contribution in [3.05, 3.63) is 105 Å². The Morgan fingerprint density at radius 1 is 1.00 bits per heavy atom. The number of hydrogen-bond acceptors (Lipinski definition) is 7. The zero-order chi connectivity index (χ0) is 26.4. The molecule has 1 aliphatic heterocycles. The Bertz CT molecular complexity index is 1340. The van der Waals surface area contributed by atoms with Gasteiger partial charge in [-0.3, -0.25) is 24.6 Å². The minimum absolute atomic E-state index is 0.130. The largest absolute Gasteiger partial charge is 0.488 e. The summed E-state index contributed by atoms with van der Waals surface area (Å²) in [5, 5.41) is 10.9. The van der Waals surface area contributed by atoms with Crippen molar-refractivity contribution in [2.45, 2.75) is 27.0 Å². The minimum atomic E-state index is -0.516. The number of hydrogen-bond donors (Lipinski definition) is 0. The van der Waals surface area contributed by atoms with E-state index in [4.69, 9.17) is 4.74 Å². The van der Waals surface area contributed by atoms with Crippen molar-refractivity contribution in [1.29, 1.82) is 0 Å². The Hall–Kier alpha value is -4.11. The molecule has 3 aromatic rings. The van der Waals surface area contributed by atoms with Crippen molar-refractivity contribution in [2.24, 2.45) is 0 Å². The summed E-state index contributed by atoms with van der Waals surface area (Å²) in [5.41, 5.74) is 2.84. The zero-order valence-corrected chi connectivity index (χ0v) is 21.4. The van der Waals surface area contributed by atoms with E-state index in [9.17, 15) is 19.7 Å². The number of carbonyl (C=O) groups excluding carboxylic acids is 2. The number of nitro benzene ring substituents is 1. The normalized spacial score (nSPS) is 14.3. The zero-order valence-electron chi connectivity index (χ0n) is 20.6. The predicted molar refractivity (Wildman–Crippen MR) is 145 cm³/mol. The molecule has 1 saturated heterocycles. The molecule has 0 saturated carbocycles. The maximum atomic E-state index is 13.2. The highest BCUT2D eigenvalue weighted by atomic mass is 32.2. The van der Waals surface area contributed by atoms with Crippen LogP contribution in [0.2, 0.25) is 0 Å². The number of rotatable bonds is 10. The van der Waals surface area contributed by atoms with Gasteiger partial charge in [0.1, 0.15) is 12.4 Å². The van der Waals surface area contributed by atoms with Gasteiger partial charge in [-0.2, -0.15) is 0 Å². The molecular formula is C28H27N3O5S. The molecule has 3 aromatic carbocycles. The lowest BCUT2D eigenvalue weighted by molar-refractivity contribution is -0.385. The molecule has 190 valence electrons. The topological polar surface area (TPSA) is 93.0 Å². The van der Waals surface area contributed by atoms with Crippen molar-refractivity contribution in [2.75, 3.05) is 18.0 Å². The van der Waals surface area contributed by atoms with Gasteiger partial charge in [-0.05, 0) is 49.4 Å². The molecule has 0 aromatic heterocycles. The summed E-state index contributed by atoms with van der Waals surface area (Å²) in [6.45, 7) is 6.00. The maximum absolute atomic E-state index is 13.2. The lowest BCUT2D eigenvalue weighted by Gasteiger charge is -2.22. The average Bonchev–Trinajstić information content (AvgIpc) is 3.17. The Kier molecular flexibility index (Phi) is 8.25. The smallest absolute Gasteiger partial charge is 0.293 e. The number of anilines is 1. The standard InChI is InChI=1S/C28H27N3O5S/c1-3-29(4-2)23-15-14-21(25(17-23)36-19-20-10-6-5-7-11-20)16-26-27(32)30(28(33)37-26)18-22-12-8-9-13-24(22)31(34)35/h5-17H,3-4,18-19H2,1-2H3/b26-16+. The number of carbonyl (C=O) groups is 2. The van der Waals surface area contributed by atoms with E-state index < -0.39 is 16.1 Å². The van der Waals surface area contributed by atoms with E-state index in [1.807, 2.05) is 48.5 Å². The van der Waals surface area contributed by atoms with Crippen LogP contribution in [0.5, 0.6) is 5.75 Å². The highest BCUT2D eigenvalue weighted by molar-refractivity contribution is 8.18. The molecule has 1 fully saturated rings. The van der Waals surface area contributed by atoms with Crippen LogP contribution in [0.1, 0.15) is 30.5 Å². The molecule has 4 rings (SSSR count). The van der Waals surface area contributed by atoms with E-state index >= 15 is 0 Å². The third-order valence-electron chi connectivity index (χ3n) is 6.04. The maximum Gasteiger partial charge on any atom is 0.293 e. The van der Waals surface area contributed by atoms with Crippen LogP contribution < -0.4 is 9.64 Å². The first-order valence-corrected chi connectivity index (χ1v) is 12.8. The summed E-state index contributed by atoms with van der Waals surface area (Å²) in [6.07, 6.45) is 1.65. The quantitative estimate of drug-likeness (QED) is 0.178. The third kappa shape index (κ3) is 6.00. The first-order chi connectivity index (χ1) is 17.9. The molecule has 0 atom stereocenters. The van der Waals surface area contributed by atoms with Crippen LogP contribution in [-0.4, -0.2) is 34.1 Å². The van der Waals surface area contributed by atoms with Crippen molar-refractivity contribution in [1.82, 2.24) is 4.90 Å². The summed E-state index contributed by atoms with van der Waals surface area (Å²) in [5.74, 6) is 0.105. The number of para-hydroxylation sites is 1. The summed E-state index contributed by atoms with van der Waals surface area (Å²) < 4.78 is 6.17. The molecule has 0 bridgehead atoms. The van der Waals surface area contributed by atoms with Crippen molar-refractivity contribution in [3.8, 4) is 5.75 Å². The molecule has 0 spiro atoms. The van der Waals surface area contributed by atoms with E-state index in [1.165, 1.54) is 6.07 Å². The molecule has 0 radical (unpaired) electrons.